The van der Waals surface area contributed by atoms with Gasteiger partial charge in [0.05, 0.1) is 12.6 Å². The molecule has 34 heavy (non-hydrogen) atoms. The molecule has 184 valence electrons. The summed E-state index contributed by atoms with van der Waals surface area (Å²) in [4.78, 5) is 29.8. The van der Waals surface area contributed by atoms with E-state index in [-0.39, 0.29) is 17.9 Å². The second kappa shape index (κ2) is 10.5. The van der Waals surface area contributed by atoms with Crippen LogP contribution in [0, 0.1) is 5.92 Å². The van der Waals surface area contributed by atoms with E-state index < -0.39 is 17.7 Å². The molecule has 1 aliphatic carbocycles. The van der Waals surface area contributed by atoms with Crippen molar-refractivity contribution in [3.8, 4) is 0 Å². The Morgan fingerprint density at radius 1 is 1.09 bits per heavy atom. The molecule has 2 amide bonds. The van der Waals surface area contributed by atoms with Crippen LogP contribution in [-0.4, -0.2) is 55.3 Å². The van der Waals surface area contributed by atoms with Crippen LogP contribution in [-0.2, 0) is 16.1 Å². The number of nitrogens with one attached hydrogen (secondary N) is 1. The van der Waals surface area contributed by atoms with Crippen molar-refractivity contribution in [2.75, 3.05) is 6.54 Å². The average Bonchev–Trinajstić information content (AvgIpc) is 3.47. The van der Waals surface area contributed by atoms with Crippen molar-refractivity contribution in [1.29, 1.82) is 0 Å². The number of aromatic nitrogens is 4. The van der Waals surface area contributed by atoms with Gasteiger partial charge in [-0.2, -0.15) is 4.80 Å². The van der Waals surface area contributed by atoms with Crippen molar-refractivity contribution in [1.82, 2.24) is 30.4 Å². The number of carbonyl (C=O) groups excluding carboxylic acids is 2. The van der Waals surface area contributed by atoms with Crippen molar-refractivity contribution in [3.05, 3.63) is 41.7 Å². The van der Waals surface area contributed by atoms with Crippen LogP contribution in [0.3, 0.4) is 0 Å². The molecule has 1 saturated carbocycles. The van der Waals surface area contributed by atoms with E-state index in [1.807, 2.05) is 56.0 Å². The zero-order chi connectivity index (χ0) is 24.1. The minimum atomic E-state index is -0.623. The van der Waals surface area contributed by atoms with Crippen molar-refractivity contribution in [2.24, 2.45) is 5.92 Å². The maximum absolute atomic E-state index is 13.8. The number of nitrogens with zero attached hydrogens (tertiary/aromatic N) is 5. The van der Waals surface area contributed by atoms with Gasteiger partial charge in [0, 0.05) is 6.54 Å². The number of likely N-dealkylation sites (tertiary alicyclic amines) is 1. The second-order valence-electron chi connectivity index (χ2n) is 10.4. The van der Waals surface area contributed by atoms with Gasteiger partial charge in [-0.3, -0.25) is 4.79 Å². The number of amides is 2. The van der Waals surface area contributed by atoms with Crippen LogP contribution < -0.4 is 5.32 Å². The maximum Gasteiger partial charge on any atom is 0.408 e. The lowest BCUT2D eigenvalue weighted by Crippen LogP contribution is -2.53. The standard InChI is InChI=1S/C25H36N6O3/c1-25(2,3)34-24(33)26-21(19-13-8-5-9-14-19)23(32)30-16-10-15-20(30)22-27-29-31(28-22)17-18-11-6-4-7-12-18/h4,6-7,11-12,19-21H,5,8-10,13-17H2,1-3H3,(H,26,33)/t20-,21?/m0/s1. The zero-order valence-electron chi connectivity index (χ0n) is 20.4. The highest BCUT2D eigenvalue weighted by Gasteiger charge is 2.40. The molecule has 1 saturated heterocycles. The van der Waals surface area contributed by atoms with Crippen LogP contribution in [0.25, 0.3) is 0 Å². The van der Waals surface area contributed by atoms with Crippen LogP contribution in [0.2, 0.25) is 0 Å². The predicted molar refractivity (Wildman–Crippen MR) is 127 cm³/mol. The predicted octanol–water partition coefficient (Wildman–Crippen LogP) is 3.86. The molecule has 1 aromatic heterocycles. The first-order valence-corrected chi connectivity index (χ1v) is 12.4. The number of benzene rings is 1. The topological polar surface area (TPSA) is 102 Å². The monoisotopic (exact) mass is 468 g/mol. The molecule has 1 aliphatic heterocycles. The molecule has 0 radical (unpaired) electrons. The molecule has 2 aromatic rings. The summed E-state index contributed by atoms with van der Waals surface area (Å²) in [5.41, 5.74) is 0.464. The average molecular weight is 469 g/mol. The highest BCUT2D eigenvalue weighted by Crippen LogP contribution is 2.33. The molecule has 0 bridgehead atoms. The minimum Gasteiger partial charge on any atom is -0.444 e. The van der Waals surface area contributed by atoms with Crippen molar-refractivity contribution in [2.45, 2.75) is 89.9 Å². The lowest BCUT2D eigenvalue weighted by molar-refractivity contribution is -0.136. The molecule has 4 rings (SSSR count). The van der Waals surface area contributed by atoms with Crippen LogP contribution in [0.5, 0.6) is 0 Å². The first kappa shape index (κ1) is 24.2. The fourth-order valence-electron chi connectivity index (χ4n) is 4.96. The van der Waals surface area contributed by atoms with Crippen molar-refractivity contribution < 1.29 is 14.3 Å². The van der Waals surface area contributed by atoms with Gasteiger partial charge in [-0.1, -0.05) is 49.6 Å². The van der Waals surface area contributed by atoms with E-state index in [9.17, 15) is 9.59 Å². The number of carbonyl (C=O) groups is 2. The Labute approximate surface area is 201 Å². The summed E-state index contributed by atoms with van der Waals surface area (Å²) < 4.78 is 5.48. The third-order valence-electron chi connectivity index (χ3n) is 6.53. The van der Waals surface area contributed by atoms with Gasteiger partial charge in [0.2, 0.25) is 5.91 Å². The Kier molecular flexibility index (Phi) is 7.48. The largest absolute Gasteiger partial charge is 0.444 e. The van der Waals surface area contributed by atoms with Crippen LogP contribution in [0.15, 0.2) is 30.3 Å². The number of tetrazole rings is 1. The molecule has 2 fully saturated rings. The molecular weight excluding hydrogens is 432 g/mol. The Morgan fingerprint density at radius 3 is 2.53 bits per heavy atom. The molecule has 0 spiro atoms. The summed E-state index contributed by atoms with van der Waals surface area (Å²) in [6, 6.07) is 9.14. The second-order valence-corrected chi connectivity index (χ2v) is 10.4. The van der Waals surface area contributed by atoms with E-state index in [1.165, 1.54) is 6.42 Å². The van der Waals surface area contributed by atoms with Gasteiger partial charge in [-0.15, -0.1) is 10.2 Å². The molecule has 9 heteroatoms. The number of ether oxygens (including phenoxy) is 1. The third kappa shape index (κ3) is 6.12. The lowest BCUT2D eigenvalue weighted by Gasteiger charge is -2.34. The van der Waals surface area contributed by atoms with Gasteiger partial charge < -0.3 is 15.0 Å². The summed E-state index contributed by atoms with van der Waals surface area (Å²) >= 11 is 0. The number of rotatable bonds is 6. The zero-order valence-corrected chi connectivity index (χ0v) is 20.4. The van der Waals surface area contributed by atoms with Crippen LogP contribution in [0.4, 0.5) is 4.79 Å². The molecule has 2 atom stereocenters. The molecule has 2 aliphatic rings. The van der Waals surface area contributed by atoms with E-state index in [4.69, 9.17) is 4.74 Å². The number of hydrogen-bond acceptors (Lipinski definition) is 6. The van der Waals surface area contributed by atoms with E-state index in [0.717, 1.165) is 44.1 Å². The van der Waals surface area contributed by atoms with Crippen LogP contribution in [0.1, 0.15) is 83.1 Å². The highest BCUT2D eigenvalue weighted by atomic mass is 16.6. The Bertz CT molecular complexity index is 965. The smallest absolute Gasteiger partial charge is 0.408 e. The third-order valence-corrected chi connectivity index (χ3v) is 6.53. The van der Waals surface area contributed by atoms with Gasteiger partial charge in [-0.25, -0.2) is 4.79 Å². The van der Waals surface area contributed by atoms with Crippen LogP contribution >= 0.6 is 0 Å². The van der Waals surface area contributed by atoms with E-state index in [1.54, 1.807) is 4.80 Å². The van der Waals surface area contributed by atoms with E-state index in [0.29, 0.717) is 18.9 Å². The van der Waals surface area contributed by atoms with Gasteiger partial charge in [0.1, 0.15) is 11.6 Å². The first-order chi connectivity index (χ1) is 16.3. The first-order valence-electron chi connectivity index (χ1n) is 12.4. The van der Waals surface area contributed by atoms with Gasteiger partial charge in [-0.05, 0) is 63.1 Å². The quantitative estimate of drug-likeness (QED) is 0.691. The summed E-state index contributed by atoms with van der Waals surface area (Å²) in [5.74, 6) is 0.595. The normalized spacial score (nSPS) is 20.2. The SMILES string of the molecule is CC(C)(C)OC(=O)NC(C(=O)N1CCC[C@H]1c1nnn(Cc2ccccc2)n1)C1CCCCC1. The van der Waals surface area contributed by atoms with E-state index >= 15 is 0 Å². The fourth-order valence-corrected chi connectivity index (χ4v) is 4.96. The molecule has 2 heterocycles. The number of alkyl carbamates (subject to hydrolysis) is 1. The molecule has 9 nitrogen and oxygen atoms in total. The molecule has 1 N–H and O–H groups in total. The molecule has 1 unspecified atom stereocenters. The Balaban J connectivity index is 1.49. The highest BCUT2D eigenvalue weighted by molar-refractivity contribution is 5.86. The summed E-state index contributed by atoms with van der Waals surface area (Å²) in [6.45, 7) is 6.62. The fraction of sp³-hybridized carbons (Fsp3) is 0.640. The lowest BCUT2D eigenvalue weighted by atomic mass is 9.83. The molecule has 1 aromatic carbocycles. The summed E-state index contributed by atoms with van der Waals surface area (Å²) in [6.07, 6.45) is 6.28. The Hall–Kier alpha value is -2.97. The van der Waals surface area contributed by atoms with Gasteiger partial charge in [0.15, 0.2) is 5.82 Å². The Morgan fingerprint density at radius 2 is 1.82 bits per heavy atom. The van der Waals surface area contributed by atoms with Crippen molar-refractivity contribution in [3.63, 3.8) is 0 Å². The van der Waals surface area contributed by atoms with E-state index in [2.05, 4.69) is 20.7 Å². The summed E-state index contributed by atoms with van der Waals surface area (Å²) in [7, 11) is 0. The maximum atomic E-state index is 13.8. The minimum absolute atomic E-state index is 0.0698. The van der Waals surface area contributed by atoms with Gasteiger partial charge >= 0.3 is 6.09 Å². The van der Waals surface area contributed by atoms with Gasteiger partial charge in [0.25, 0.3) is 0 Å². The van der Waals surface area contributed by atoms with Crippen molar-refractivity contribution >= 4 is 12.0 Å². The molecular formula is C25H36N6O3. The number of hydrogen-bond donors (Lipinski definition) is 1. The summed E-state index contributed by atoms with van der Waals surface area (Å²) in [5, 5.41) is 16.0.